The molecular formula is C21H21FN4O. The van der Waals surface area contributed by atoms with Gasteiger partial charge in [-0.1, -0.05) is 12.1 Å². The van der Waals surface area contributed by atoms with E-state index in [9.17, 15) is 9.18 Å². The van der Waals surface area contributed by atoms with Crippen molar-refractivity contribution < 1.29 is 9.18 Å². The number of ketones is 1. The van der Waals surface area contributed by atoms with E-state index in [0.29, 0.717) is 11.1 Å². The molecule has 138 valence electrons. The number of carbonyl (C=O) groups is 1. The Morgan fingerprint density at radius 3 is 2.74 bits per heavy atom. The first-order valence-electron chi connectivity index (χ1n) is 9.03. The third-order valence-electron chi connectivity index (χ3n) is 4.93. The van der Waals surface area contributed by atoms with E-state index in [1.54, 1.807) is 12.3 Å². The van der Waals surface area contributed by atoms with E-state index in [1.807, 2.05) is 12.1 Å². The van der Waals surface area contributed by atoms with Gasteiger partial charge in [-0.2, -0.15) is 0 Å². The van der Waals surface area contributed by atoms with Crippen molar-refractivity contribution in [1.82, 2.24) is 10.3 Å². The minimum atomic E-state index is -0.406. The molecule has 3 aromatic rings. The molecule has 27 heavy (non-hydrogen) atoms. The lowest BCUT2D eigenvalue weighted by molar-refractivity contribution is 0.0993. The second kappa shape index (κ2) is 7.32. The molecular weight excluding hydrogens is 343 g/mol. The van der Waals surface area contributed by atoms with Crippen LogP contribution >= 0.6 is 0 Å². The van der Waals surface area contributed by atoms with Gasteiger partial charge in [-0.25, -0.2) is 4.39 Å². The molecule has 0 unspecified atom stereocenters. The number of anilines is 2. The highest BCUT2D eigenvalue weighted by atomic mass is 19.1. The molecule has 0 radical (unpaired) electrons. The highest BCUT2D eigenvalue weighted by Gasteiger charge is 2.13. The minimum absolute atomic E-state index is 0.0890. The molecule has 0 saturated carbocycles. The van der Waals surface area contributed by atoms with Crippen molar-refractivity contribution in [3.8, 4) is 0 Å². The molecule has 2 heterocycles. The number of hydrogen-bond acceptors (Lipinski definition) is 5. The van der Waals surface area contributed by atoms with Crippen LogP contribution in [0.15, 0.2) is 48.7 Å². The predicted octanol–water partition coefficient (Wildman–Crippen LogP) is 2.79. The van der Waals surface area contributed by atoms with Gasteiger partial charge in [0.1, 0.15) is 5.82 Å². The molecule has 0 spiro atoms. The summed E-state index contributed by atoms with van der Waals surface area (Å²) in [5.41, 5.74) is 9.26. The molecule has 1 aromatic heterocycles. The smallest absolute Gasteiger partial charge is 0.168 e. The van der Waals surface area contributed by atoms with Crippen molar-refractivity contribution in [3.05, 3.63) is 65.6 Å². The molecule has 1 aliphatic rings. The molecule has 1 aliphatic heterocycles. The van der Waals surface area contributed by atoms with Gasteiger partial charge in [-0.15, -0.1) is 0 Å². The average molecular weight is 364 g/mol. The van der Waals surface area contributed by atoms with Gasteiger partial charge in [0.15, 0.2) is 5.78 Å². The van der Waals surface area contributed by atoms with Crippen molar-refractivity contribution in [3.63, 3.8) is 0 Å². The Balaban J connectivity index is 1.56. The van der Waals surface area contributed by atoms with Gasteiger partial charge < -0.3 is 16.0 Å². The highest BCUT2D eigenvalue weighted by Crippen LogP contribution is 2.23. The topological polar surface area (TPSA) is 71.2 Å². The van der Waals surface area contributed by atoms with Gasteiger partial charge in [-0.05, 0) is 35.9 Å². The second-order valence-corrected chi connectivity index (χ2v) is 6.78. The summed E-state index contributed by atoms with van der Waals surface area (Å²) in [7, 11) is 0. The first kappa shape index (κ1) is 17.4. The van der Waals surface area contributed by atoms with Gasteiger partial charge >= 0.3 is 0 Å². The Kier molecular flexibility index (Phi) is 4.73. The standard InChI is InChI=1S/C21H21FN4O/c22-17-3-1-14(19(23)11-17)10-21(27)16-9-15-2-4-18(12-20(15)25-13-16)26-7-5-24-6-8-26/h1-4,9,11-13,24H,5-8,10,23H2. The number of nitrogens with one attached hydrogen (secondary N) is 1. The number of carbonyl (C=O) groups excluding carboxylic acids is 1. The number of nitrogens with zero attached hydrogens (tertiary/aromatic N) is 2. The summed E-state index contributed by atoms with van der Waals surface area (Å²) >= 11 is 0. The second-order valence-electron chi connectivity index (χ2n) is 6.78. The number of benzene rings is 2. The van der Waals surface area contributed by atoms with E-state index in [0.717, 1.165) is 42.8 Å². The molecule has 3 N–H and O–H groups in total. The molecule has 0 amide bonds. The number of hydrogen-bond donors (Lipinski definition) is 2. The van der Waals surface area contributed by atoms with E-state index in [2.05, 4.69) is 27.3 Å². The van der Waals surface area contributed by atoms with Crippen molar-refractivity contribution in [2.24, 2.45) is 0 Å². The maximum absolute atomic E-state index is 13.2. The van der Waals surface area contributed by atoms with Crippen LogP contribution in [0.25, 0.3) is 10.9 Å². The van der Waals surface area contributed by atoms with Crippen molar-refractivity contribution in [2.75, 3.05) is 36.8 Å². The Morgan fingerprint density at radius 2 is 1.96 bits per heavy atom. The fraction of sp³-hybridized carbons (Fsp3) is 0.238. The van der Waals surface area contributed by atoms with Gasteiger partial charge in [0.2, 0.25) is 0 Å². The summed E-state index contributed by atoms with van der Waals surface area (Å²) in [5.74, 6) is -0.495. The summed E-state index contributed by atoms with van der Waals surface area (Å²) in [4.78, 5) is 19.4. The largest absolute Gasteiger partial charge is 0.398 e. The molecule has 1 saturated heterocycles. The fourth-order valence-corrected chi connectivity index (χ4v) is 3.38. The van der Waals surface area contributed by atoms with Crippen LogP contribution in [0.2, 0.25) is 0 Å². The summed E-state index contributed by atoms with van der Waals surface area (Å²) in [5, 5.41) is 4.27. The van der Waals surface area contributed by atoms with Crippen LogP contribution < -0.4 is 16.0 Å². The van der Waals surface area contributed by atoms with E-state index in [1.165, 1.54) is 12.1 Å². The molecule has 2 aromatic carbocycles. The summed E-state index contributed by atoms with van der Waals surface area (Å²) in [6.45, 7) is 3.90. The number of nitrogen functional groups attached to an aromatic ring is 1. The average Bonchev–Trinajstić information content (AvgIpc) is 2.70. The molecule has 0 aliphatic carbocycles. The Labute approximate surface area is 157 Å². The highest BCUT2D eigenvalue weighted by molar-refractivity contribution is 6.00. The van der Waals surface area contributed by atoms with E-state index >= 15 is 0 Å². The van der Waals surface area contributed by atoms with E-state index in [-0.39, 0.29) is 17.9 Å². The lowest BCUT2D eigenvalue weighted by Gasteiger charge is -2.29. The number of aromatic nitrogens is 1. The van der Waals surface area contributed by atoms with Crippen molar-refractivity contribution in [2.45, 2.75) is 6.42 Å². The Morgan fingerprint density at radius 1 is 1.15 bits per heavy atom. The first-order valence-corrected chi connectivity index (χ1v) is 9.03. The molecule has 0 bridgehead atoms. The number of rotatable bonds is 4. The van der Waals surface area contributed by atoms with E-state index in [4.69, 9.17) is 5.73 Å². The minimum Gasteiger partial charge on any atom is -0.398 e. The SMILES string of the molecule is Nc1cc(F)ccc1CC(=O)c1cnc2cc(N3CCNCC3)ccc2c1. The number of piperazine rings is 1. The third kappa shape index (κ3) is 3.75. The molecule has 4 rings (SSSR count). The number of nitrogens with two attached hydrogens (primary N) is 1. The zero-order chi connectivity index (χ0) is 18.8. The lowest BCUT2D eigenvalue weighted by Crippen LogP contribution is -2.43. The summed E-state index contributed by atoms with van der Waals surface area (Å²) < 4.78 is 13.2. The molecule has 1 fully saturated rings. The van der Waals surface area contributed by atoms with Gasteiger partial charge in [0, 0.05) is 61.1 Å². The number of pyridine rings is 1. The third-order valence-corrected chi connectivity index (χ3v) is 4.93. The molecule has 5 nitrogen and oxygen atoms in total. The quantitative estimate of drug-likeness (QED) is 0.550. The molecule has 0 atom stereocenters. The van der Waals surface area contributed by atoms with Crippen molar-refractivity contribution >= 4 is 28.1 Å². The zero-order valence-corrected chi connectivity index (χ0v) is 14.9. The number of fused-ring (bicyclic) bond motifs is 1. The number of Topliss-reactive ketones (excluding diaryl/α,β-unsaturated/α-hetero) is 1. The lowest BCUT2D eigenvalue weighted by atomic mass is 10.0. The van der Waals surface area contributed by atoms with Gasteiger partial charge in [-0.3, -0.25) is 9.78 Å². The fourth-order valence-electron chi connectivity index (χ4n) is 3.38. The van der Waals surface area contributed by atoms with Crippen LogP contribution in [0.5, 0.6) is 0 Å². The normalized spacial score (nSPS) is 14.5. The maximum atomic E-state index is 13.2. The van der Waals surface area contributed by atoms with E-state index < -0.39 is 5.82 Å². The Bertz CT molecular complexity index is 999. The monoisotopic (exact) mass is 364 g/mol. The Hall–Kier alpha value is -2.99. The summed E-state index contributed by atoms with van der Waals surface area (Å²) in [6, 6.07) is 12.1. The summed E-state index contributed by atoms with van der Waals surface area (Å²) in [6.07, 6.45) is 1.73. The van der Waals surface area contributed by atoms with Crippen molar-refractivity contribution in [1.29, 1.82) is 0 Å². The first-order chi connectivity index (χ1) is 13.1. The van der Waals surface area contributed by atoms with Crippen LogP contribution in [-0.4, -0.2) is 36.9 Å². The number of halogens is 1. The van der Waals surface area contributed by atoms with Crippen LogP contribution in [-0.2, 0) is 6.42 Å². The predicted molar refractivity (Wildman–Crippen MR) is 106 cm³/mol. The molecule has 6 heteroatoms. The van der Waals surface area contributed by atoms with Crippen LogP contribution in [0, 0.1) is 5.82 Å². The van der Waals surface area contributed by atoms with Gasteiger partial charge in [0.25, 0.3) is 0 Å². The zero-order valence-electron chi connectivity index (χ0n) is 14.9. The maximum Gasteiger partial charge on any atom is 0.168 e. The van der Waals surface area contributed by atoms with Crippen LogP contribution in [0.1, 0.15) is 15.9 Å². The van der Waals surface area contributed by atoms with Gasteiger partial charge in [0.05, 0.1) is 5.52 Å². The van der Waals surface area contributed by atoms with Crippen LogP contribution in [0.4, 0.5) is 15.8 Å². The van der Waals surface area contributed by atoms with Crippen LogP contribution in [0.3, 0.4) is 0 Å².